The minimum absolute atomic E-state index is 0.511. The van der Waals surface area contributed by atoms with Crippen molar-refractivity contribution in [3.8, 4) is 0 Å². The molecule has 3 heteroatoms. The Morgan fingerprint density at radius 2 is 2.27 bits per heavy atom. The predicted octanol–water partition coefficient (Wildman–Crippen LogP) is 2.92. The molecular formula is C12H19N3. The summed E-state index contributed by atoms with van der Waals surface area (Å²) >= 11 is 0. The van der Waals surface area contributed by atoms with Crippen molar-refractivity contribution in [1.82, 2.24) is 9.55 Å². The zero-order chi connectivity index (χ0) is 11.0. The maximum absolute atomic E-state index is 4.67. The third kappa shape index (κ3) is 1.60. The van der Waals surface area contributed by atoms with Gasteiger partial charge in [0.05, 0.1) is 5.69 Å². The Labute approximate surface area is 91.2 Å². The first kappa shape index (κ1) is 10.4. The molecule has 0 aromatic carbocycles. The van der Waals surface area contributed by atoms with E-state index in [0.717, 1.165) is 30.3 Å². The highest BCUT2D eigenvalue weighted by atomic mass is 15.2. The van der Waals surface area contributed by atoms with Crippen molar-refractivity contribution in [2.24, 2.45) is 10.9 Å². The van der Waals surface area contributed by atoms with Crippen LogP contribution in [0.4, 0.5) is 5.82 Å². The number of aliphatic imine (C=N–C) groups is 1. The van der Waals surface area contributed by atoms with Crippen LogP contribution in [0.3, 0.4) is 0 Å². The third-order valence-corrected chi connectivity index (χ3v) is 3.23. The molecule has 2 unspecified atom stereocenters. The molecule has 0 radical (unpaired) electrons. The van der Waals surface area contributed by atoms with Gasteiger partial charge in [0.1, 0.15) is 5.82 Å². The maximum atomic E-state index is 4.67. The molecule has 1 aromatic rings. The summed E-state index contributed by atoms with van der Waals surface area (Å²) in [5.41, 5.74) is 1.10. The Morgan fingerprint density at radius 1 is 1.53 bits per heavy atom. The minimum atomic E-state index is 0.511. The molecular weight excluding hydrogens is 186 g/mol. The van der Waals surface area contributed by atoms with Crippen LogP contribution in [0.25, 0.3) is 0 Å². The van der Waals surface area contributed by atoms with Crippen LogP contribution in [0, 0.1) is 5.92 Å². The minimum Gasteiger partial charge on any atom is -0.310 e. The van der Waals surface area contributed by atoms with Gasteiger partial charge in [-0.25, -0.2) is 9.98 Å². The number of fused-ring (bicyclic) bond motifs is 1. The monoisotopic (exact) mass is 205 g/mol. The molecule has 0 saturated heterocycles. The Bertz CT molecular complexity index is 378. The molecule has 1 aliphatic rings. The molecule has 3 nitrogen and oxygen atoms in total. The normalized spacial score (nSPS) is 25.0. The van der Waals surface area contributed by atoms with Crippen LogP contribution in [0.5, 0.6) is 0 Å². The summed E-state index contributed by atoms with van der Waals surface area (Å²) in [6.45, 7) is 10.3. The Balaban J connectivity index is 2.52. The molecule has 0 amide bonds. The van der Waals surface area contributed by atoms with Crippen LogP contribution in [-0.4, -0.2) is 16.3 Å². The summed E-state index contributed by atoms with van der Waals surface area (Å²) < 4.78 is 2.27. The van der Waals surface area contributed by atoms with E-state index in [1.165, 1.54) is 12.2 Å². The molecule has 2 rings (SSSR count). The number of nitrogens with zero attached hydrogens (tertiary/aromatic N) is 3. The summed E-state index contributed by atoms with van der Waals surface area (Å²) in [4.78, 5) is 8.81. The molecule has 0 aliphatic carbocycles. The van der Waals surface area contributed by atoms with Gasteiger partial charge in [-0.2, -0.15) is 0 Å². The quantitative estimate of drug-likeness (QED) is 0.683. The Kier molecular flexibility index (Phi) is 2.63. The SMILES string of the molecule is C=Nc1c(CC)nc2n1C(C)CC(C)C2. The van der Waals surface area contributed by atoms with E-state index in [9.17, 15) is 0 Å². The van der Waals surface area contributed by atoms with Gasteiger partial charge in [0.2, 0.25) is 0 Å². The largest absolute Gasteiger partial charge is 0.310 e. The summed E-state index contributed by atoms with van der Waals surface area (Å²) in [6, 6.07) is 0.511. The van der Waals surface area contributed by atoms with Crippen molar-refractivity contribution >= 4 is 12.5 Å². The molecule has 2 heterocycles. The van der Waals surface area contributed by atoms with E-state index in [1.807, 2.05) is 0 Å². The number of rotatable bonds is 2. The second-order valence-electron chi connectivity index (χ2n) is 4.57. The van der Waals surface area contributed by atoms with Crippen molar-refractivity contribution in [2.45, 2.75) is 46.1 Å². The highest BCUT2D eigenvalue weighted by Crippen LogP contribution is 2.34. The molecule has 0 bridgehead atoms. The lowest BCUT2D eigenvalue weighted by Crippen LogP contribution is -2.20. The molecule has 0 N–H and O–H groups in total. The van der Waals surface area contributed by atoms with Gasteiger partial charge in [-0.05, 0) is 32.4 Å². The van der Waals surface area contributed by atoms with Crippen LogP contribution in [0.15, 0.2) is 4.99 Å². The van der Waals surface area contributed by atoms with Gasteiger partial charge in [0.15, 0.2) is 5.82 Å². The fourth-order valence-electron chi connectivity index (χ4n) is 2.62. The standard InChI is InChI=1S/C12H19N3/c1-5-10-12(13-4)15-9(3)6-8(2)7-11(15)14-10/h8-9H,4-7H2,1-3H3. The van der Waals surface area contributed by atoms with Crippen molar-refractivity contribution < 1.29 is 0 Å². The number of hydrogen-bond donors (Lipinski definition) is 0. The van der Waals surface area contributed by atoms with Crippen molar-refractivity contribution in [1.29, 1.82) is 0 Å². The Hall–Kier alpha value is -1.12. The van der Waals surface area contributed by atoms with E-state index >= 15 is 0 Å². The van der Waals surface area contributed by atoms with E-state index in [1.54, 1.807) is 0 Å². The molecule has 2 atom stereocenters. The molecule has 0 spiro atoms. The van der Waals surface area contributed by atoms with Crippen molar-refractivity contribution in [3.63, 3.8) is 0 Å². The molecule has 1 aliphatic heterocycles. The highest BCUT2D eigenvalue weighted by molar-refractivity contribution is 5.46. The zero-order valence-corrected chi connectivity index (χ0v) is 9.82. The number of hydrogen-bond acceptors (Lipinski definition) is 2. The molecule has 0 saturated carbocycles. The van der Waals surface area contributed by atoms with Crippen LogP contribution in [0.1, 0.15) is 44.8 Å². The van der Waals surface area contributed by atoms with Gasteiger partial charge in [-0.3, -0.25) is 0 Å². The summed E-state index contributed by atoms with van der Waals surface area (Å²) in [5.74, 6) is 2.92. The number of aryl methyl sites for hydroxylation is 1. The van der Waals surface area contributed by atoms with E-state index < -0.39 is 0 Å². The summed E-state index contributed by atoms with van der Waals surface area (Å²) in [5, 5.41) is 0. The van der Waals surface area contributed by atoms with Crippen LogP contribution in [0.2, 0.25) is 0 Å². The van der Waals surface area contributed by atoms with Crippen LogP contribution < -0.4 is 0 Å². The first-order valence-corrected chi connectivity index (χ1v) is 5.74. The van der Waals surface area contributed by atoms with Gasteiger partial charge >= 0.3 is 0 Å². The van der Waals surface area contributed by atoms with Crippen molar-refractivity contribution in [3.05, 3.63) is 11.5 Å². The zero-order valence-electron chi connectivity index (χ0n) is 9.82. The van der Waals surface area contributed by atoms with Gasteiger partial charge in [0, 0.05) is 12.5 Å². The van der Waals surface area contributed by atoms with Gasteiger partial charge in [-0.15, -0.1) is 0 Å². The lowest BCUT2D eigenvalue weighted by atomic mass is 9.95. The van der Waals surface area contributed by atoms with E-state index in [2.05, 4.69) is 42.0 Å². The fraction of sp³-hybridized carbons (Fsp3) is 0.667. The molecule has 1 aromatic heterocycles. The lowest BCUT2D eigenvalue weighted by Gasteiger charge is -2.27. The van der Waals surface area contributed by atoms with Gasteiger partial charge in [0.25, 0.3) is 0 Å². The topological polar surface area (TPSA) is 30.2 Å². The average molecular weight is 205 g/mol. The third-order valence-electron chi connectivity index (χ3n) is 3.23. The lowest BCUT2D eigenvalue weighted by molar-refractivity contribution is 0.345. The number of aromatic nitrogens is 2. The van der Waals surface area contributed by atoms with E-state index in [0.29, 0.717) is 6.04 Å². The van der Waals surface area contributed by atoms with Crippen LogP contribution >= 0.6 is 0 Å². The predicted molar refractivity (Wildman–Crippen MR) is 63.0 cm³/mol. The smallest absolute Gasteiger partial charge is 0.155 e. The van der Waals surface area contributed by atoms with Gasteiger partial charge < -0.3 is 4.57 Å². The second-order valence-corrected chi connectivity index (χ2v) is 4.57. The molecule has 15 heavy (non-hydrogen) atoms. The van der Waals surface area contributed by atoms with E-state index in [4.69, 9.17) is 0 Å². The molecule has 0 fully saturated rings. The first-order valence-electron chi connectivity index (χ1n) is 5.74. The van der Waals surface area contributed by atoms with Crippen molar-refractivity contribution in [2.75, 3.05) is 0 Å². The van der Waals surface area contributed by atoms with Gasteiger partial charge in [-0.1, -0.05) is 13.8 Å². The Morgan fingerprint density at radius 3 is 2.87 bits per heavy atom. The molecule has 82 valence electrons. The second kappa shape index (κ2) is 3.80. The summed E-state index contributed by atoms with van der Waals surface area (Å²) in [7, 11) is 0. The maximum Gasteiger partial charge on any atom is 0.155 e. The van der Waals surface area contributed by atoms with E-state index in [-0.39, 0.29) is 0 Å². The van der Waals surface area contributed by atoms with Crippen LogP contribution in [-0.2, 0) is 12.8 Å². The highest BCUT2D eigenvalue weighted by Gasteiger charge is 2.26. The summed E-state index contributed by atoms with van der Waals surface area (Å²) in [6.07, 6.45) is 3.23. The average Bonchev–Trinajstić information content (AvgIpc) is 2.55. The first-order chi connectivity index (χ1) is 7.17. The number of imidazole rings is 1. The fourth-order valence-corrected chi connectivity index (χ4v) is 2.62.